The van der Waals surface area contributed by atoms with Crippen LogP contribution >= 0.6 is 11.8 Å². The first-order chi connectivity index (χ1) is 15.6. The molecule has 0 bridgehead atoms. The SMILES string of the molecule is Cc1cccc(C[C@@H](O)/C=C/[C@@H]2[C@H]3CC(CCSCCN4CCOCC4)=C[C@H]3C[C@H]2O)c1. The number of thioether (sulfide) groups is 1. The van der Waals surface area contributed by atoms with Crippen LogP contribution in [-0.2, 0) is 11.2 Å². The normalized spacial score (nSPS) is 29.4. The van der Waals surface area contributed by atoms with E-state index in [9.17, 15) is 10.2 Å². The highest BCUT2D eigenvalue weighted by Crippen LogP contribution is 2.48. The molecule has 5 heteroatoms. The third-order valence-corrected chi connectivity index (χ3v) is 8.22. The van der Waals surface area contributed by atoms with Crippen molar-refractivity contribution in [1.29, 1.82) is 0 Å². The van der Waals surface area contributed by atoms with Gasteiger partial charge in [0.25, 0.3) is 0 Å². The average Bonchev–Trinajstić information content (AvgIpc) is 3.29. The van der Waals surface area contributed by atoms with E-state index in [4.69, 9.17) is 4.74 Å². The minimum atomic E-state index is -0.500. The van der Waals surface area contributed by atoms with E-state index >= 15 is 0 Å². The van der Waals surface area contributed by atoms with Crippen molar-refractivity contribution in [3.8, 4) is 0 Å². The number of ether oxygens (including phenoxy) is 1. The van der Waals surface area contributed by atoms with Crippen molar-refractivity contribution in [2.75, 3.05) is 44.4 Å². The van der Waals surface area contributed by atoms with E-state index in [-0.39, 0.29) is 12.0 Å². The van der Waals surface area contributed by atoms with Crippen molar-refractivity contribution in [3.63, 3.8) is 0 Å². The van der Waals surface area contributed by atoms with Gasteiger partial charge in [-0.25, -0.2) is 0 Å². The summed E-state index contributed by atoms with van der Waals surface area (Å²) in [5, 5.41) is 21.1. The Morgan fingerprint density at radius 3 is 2.91 bits per heavy atom. The number of aliphatic hydroxyl groups excluding tert-OH is 2. The largest absolute Gasteiger partial charge is 0.392 e. The van der Waals surface area contributed by atoms with Crippen molar-refractivity contribution in [3.05, 3.63) is 59.2 Å². The monoisotopic (exact) mass is 457 g/mol. The number of rotatable bonds is 10. The molecule has 2 aliphatic carbocycles. The van der Waals surface area contributed by atoms with E-state index in [1.54, 1.807) is 5.57 Å². The number of aliphatic hydroxyl groups is 2. The highest BCUT2D eigenvalue weighted by atomic mass is 32.2. The predicted molar refractivity (Wildman–Crippen MR) is 133 cm³/mol. The lowest BCUT2D eigenvalue weighted by Crippen LogP contribution is -2.37. The van der Waals surface area contributed by atoms with Gasteiger partial charge in [0.05, 0.1) is 25.4 Å². The molecule has 176 valence electrons. The van der Waals surface area contributed by atoms with Gasteiger partial charge in [0, 0.05) is 37.7 Å². The number of allylic oxidation sites excluding steroid dienone is 2. The van der Waals surface area contributed by atoms with Gasteiger partial charge in [0.1, 0.15) is 0 Å². The minimum absolute atomic E-state index is 0.162. The van der Waals surface area contributed by atoms with Gasteiger partial charge in [-0.15, -0.1) is 0 Å². The molecule has 2 N–H and O–H groups in total. The van der Waals surface area contributed by atoms with Crippen molar-refractivity contribution in [2.45, 2.75) is 44.8 Å². The van der Waals surface area contributed by atoms with Crippen LogP contribution in [0.5, 0.6) is 0 Å². The molecule has 5 atom stereocenters. The molecular formula is C27H39NO3S. The summed E-state index contributed by atoms with van der Waals surface area (Å²) in [5.41, 5.74) is 3.95. The fourth-order valence-electron chi connectivity index (χ4n) is 5.52. The second-order valence-electron chi connectivity index (χ2n) is 9.70. The fraction of sp³-hybridized carbons (Fsp3) is 0.630. The molecule has 0 amide bonds. The summed E-state index contributed by atoms with van der Waals surface area (Å²) >= 11 is 2.06. The van der Waals surface area contributed by atoms with Gasteiger partial charge in [-0.2, -0.15) is 11.8 Å². The third kappa shape index (κ3) is 6.71. The van der Waals surface area contributed by atoms with Gasteiger partial charge in [0.2, 0.25) is 0 Å². The number of morpholine rings is 1. The maximum absolute atomic E-state index is 10.6. The van der Waals surface area contributed by atoms with E-state index < -0.39 is 6.10 Å². The standard InChI is InChI=1S/C27H39NO3S/c1-20-3-2-4-21(15-20)17-24(29)5-6-25-26-18-22(16-23(26)19-27(25)30)7-13-32-14-10-28-8-11-31-12-9-28/h2-6,15-16,23-27,29-30H,7-14,17-19H2,1H3/b6-5+/t23-,24-,25+,26-,27+/m0/s1. The molecule has 3 aliphatic rings. The zero-order valence-electron chi connectivity index (χ0n) is 19.4. The molecule has 4 rings (SSSR count). The summed E-state index contributed by atoms with van der Waals surface area (Å²) in [5.74, 6) is 3.55. The van der Waals surface area contributed by atoms with E-state index in [2.05, 4.69) is 53.9 Å². The third-order valence-electron chi connectivity index (χ3n) is 7.26. The van der Waals surface area contributed by atoms with Crippen molar-refractivity contribution >= 4 is 11.8 Å². The van der Waals surface area contributed by atoms with Crippen molar-refractivity contribution < 1.29 is 14.9 Å². The molecule has 1 saturated carbocycles. The zero-order valence-corrected chi connectivity index (χ0v) is 20.2. The van der Waals surface area contributed by atoms with Crippen LogP contribution in [0, 0.1) is 24.7 Å². The molecule has 1 aliphatic heterocycles. The zero-order chi connectivity index (χ0) is 22.3. The molecule has 1 aromatic rings. The molecule has 1 aromatic carbocycles. The molecule has 4 nitrogen and oxygen atoms in total. The number of benzene rings is 1. The van der Waals surface area contributed by atoms with E-state index in [0.29, 0.717) is 18.3 Å². The van der Waals surface area contributed by atoms with Gasteiger partial charge in [0.15, 0.2) is 0 Å². The Bertz CT molecular complexity index is 789. The highest BCUT2D eigenvalue weighted by Gasteiger charge is 2.43. The summed E-state index contributed by atoms with van der Waals surface area (Å²) in [6.07, 6.45) is 9.45. The van der Waals surface area contributed by atoms with Crippen LogP contribution in [0.3, 0.4) is 0 Å². The van der Waals surface area contributed by atoms with Gasteiger partial charge in [-0.05, 0) is 49.3 Å². The maximum Gasteiger partial charge on any atom is 0.0761 e. The summed E-state index contributed by atoms with van der Waals surface area (Å²) in [7, 11) is 0. The summed E-state index contributed by atoms with van der Waals surface area (Å²) in [6, 6.07) is 8.31. The van der Waals surface area contributed by atoms with E-state index in [0.717, 1.165) is 44.7 Å². The quantitative estimate of drug-likeness (QED) is 0.413. The molecule has 0 spiro atoms. The summed E-state index contributed by atoms with van der Waals surface area (Å²) in [4.78, 5) is 2.50. The molecule has 1 heterocycles. The van der Waals surface area contributed by atoms with Crippen molar-refractivity contribution in [2.24, 2.45) is 17.8 Å². The number of fused-ring (bicyclic) bond motifs is 1. The Balaban J connectivity index is 1.19. The second-order valence-corrected chi connectivity index (χ2v) is 10.9. The van der Waals surface area contributed by atoms with Gasteiger partial charge in [-0.3, -0.25) is 4.90 Å². The lowest BCUT2D eigenvalue weighted by Gasteiger charge is -2.26. The minimum Gasteiger partial charge on any atom is -0.392 e. The number of aryl methyl sites for hydroxylation is 1. The van der Waals surface area contributed by atoms with Crippen LogP contribution in [0.1, 0.15) is 30.4 Å². The van der Waals surface area contributed by atoms with Crippen LogP contribution in [0.15, 0.2) is 48.1 Å². The van der Waals surface area contributed by atoms with Gasteiger partial charge in [-0.1, -0.05) is 53.6 Å². The van der Waals surface area contributed by atoms with Crippen LogP contribution in [0.2, 0.25) is 0 Å². The molecular weight excluding hydrogens is 418 g/mol. The average molecular weight is 458 g/mol. The topological polar surface area (TPSA) is 52.9 Å². The first-order valence-corrected chi connectivity index (χ1v) is 13.4. The number of nitrogens with zero attached hydrogens (tertiary/aromatic N) is 1. The van der Waals surface area contributed by atoms with E-state index in [1.165, 1.54) is 30.0 Å². The fourth-order valence-corrected chi connectivity index (χ4v) is 6.52. The van der Waals surface area contributed by atoms with Gasteiger partial charge < -0.3 is 14.9 Å². The van der Waals surface area contributed by atoms with Crippen molar-refractivity contribution in [1.82, 2.24) is 4.90 Å². The smallest absolute Gasteiger partial charge is 0.0761 e. The van der Waals surface area contributed by atoms with Crippen LogP contribution in [0.4, 0.5) is 0 Å². The lowest BCUT2D eigenvalue weighted by molar-refractivity contribution is 0.0410. The van der Waals surface area contributed by atoms with Gasteiger partial charge >= 0.3 is 0 Å². The van der Waals surface area contributed by atoms with Crippen LogP contribution in [0.25, 0.3) is 0 Å². The Morgan fingerprint density at radius 2 is 2.09 bits per heavy atom. The highest BCUT2D eigenvalue weighted by molar-refractivity contribution is 7.99. The summed E-state index contributed by atoms with van der Waals surface area (Å²) < 4.78 is 5.42. The molecule has 0 radical (unpaired) electrons. The summed E-state index contributed by atoms with van der Waals surface area (Å²) in [6.45, 7) is 7.16. The predicted octanol–water partition coefficient (Wildman–Crippen LogP) is 3.85. The van der Waals surface area contributed by atoms with Crippen LogP contribution in [-0.4, -0.2) is 71.7 Å². The molecule has 0 aromatic heterocycles. The van der Waals surface area contributed by atoms with E-state index in [1.807, 2.05) is 12.1 Å². The first kappa shape index (κ1) is 24.0. The number of hydrogen-bond donors (Lipinski definition) is 2. The Morgan fingerprint density at radius 1 is 1.25 bits per heavy atom. The Hall–Kier alpha value is -1.11. The molecule has 1 saturated heterocycles. The maximum atomic E-state index is 10.6. The Labute approximate surface area is 197 Å². The van der Waals surface area contributed by atoms with Crippen LogP contribution < -0.4 is 0 Å². The first-order valence-electron chi connectivity index (χ1n) is 12.3. The number of hydrogen-bond acceptors (Lipinski definition) is 5. The Kier molecular flexibility index (Phi) is 8.90. The second kappa shape index (κ2) is 11.8. The molecule has 0 unspecified atom stereocenters. The lowest BCUT2D eigenvalue weighted by atomic mass is 9.88. The molecule has 2 fully saturated rings. The molecule has 32 heavy (non-hydrogen) atoms.